The van der Waals surface area contributed by atoms with Gasteiger partial charge in [-0.05, 0) is 63.6 Å². The van der Waals surface area contributed by atoms with Gasteiger partial charge in [-0.3, -0.25) is 13.9 Å². The van der Waals surface area contributed by atoms with Gasteiger partial charge < -0.3 is 15.0 Å². The maximum atomic E-state index is 14.0. The Kier molecular flexibility index (Phi) is 9.63. The molecule has 208 valence electrons. The zero-order valence-corrected chi connectivity index (χ0v) is 24.3. The van der Waals surface area contributed by atoms with Crippen molar-refractivity contribution in [2.24, 2.45) is 0 Å². The molecule has 3 aromatic rings. The Morgan fingerprint density at radius 1 is 0.974 bits per heavy atom. The summed E-state index contributed by atoms with van der Waals surface area (Å²) in [4.78, 5) is 28.5. The lowest BCUT2D eigenvalue weighted by atomic mass is 10.1. The molecule has 0 saturated heterocycles. The predicted octanol–water partition coefficient (Wildman–Crippen LogP) is 4.88. The van der Waals surface area contributed by atoms with E-state index in [1.54, 1.807) is 31.2 Å². The van der Waals surface area contributed by atoms with Crippen LogP contribution in [0.25, 0.3) is 0 Å². The Labute approximate surface area is 235 Å². The standard InChI is InChI=1S/C29H34ClN3O5S/c1-21(28(35)31-29(2,3)4)32(19-22-12-8-6-9-13-22)27(34)20-33(25-18-23(30)16-17-26(25)38-5)39(36,37)24-14-10-7-11-15-24/h6-18,21H,19-20H2,1-5H3,(H,31,35)/t21-/m0/s1. The van der Waals surface area contributed by atoms with E-state index in [-0.39, 0.29) is 33.8 Å². The van der Waals surface area contributed by atoms with Gasteiger partial charge in [0.1, 0.15) is 18.3 Å². The number of nitrogens with zero attached hydrogens (tertiary/aromatic N) is 2. The number of hydrogen-bond donors (Lipinski definition) is 1. The number of carbonyl (C=O) groups excluding carboxylic acids is 2. The molecule has 1 atom stereocenters. The maximum absolute atomic E-state index is 14.0. The van der Waals surface area contributed by atoms with Gasteiger partial charge in [-0.1, -0.05) is 60.1 Å². The SMILES string of the molecule is COc1ccc(Cl)cc1N(CC(=O)N(Cc1ccccc1)[C@@H](C)C(=O)NC(C)(C)C)S(=O)(=O)c1ccccc1. The molecule has 10 heteroatoms. The smallest absolute Gasteiger partial charge is 0.264 e. The second-order valence-corrected chi connectivity index (χ2v) is 12.4. The first-order valence-corrected chi connectivity index (χ1v) is 14.2. The topological polar surface area (TPSA) is 96.0 Å². The van der Waals surface area contributed by atoms with Crippen LogP contribution in [0, 0.1) is 0 Å². The molecule has 8 nitrogen and oxygen atoms in total. The van der Waals surface area contributed by atoms with Gasteiger partial charge in [-0.15, -0.1) is 0 Å². The first-order chi connectivity index (χ1) is 18.3. The van der Waals surface area contributed by atoms with E-state index in [0.717, 1.165) is 9.87 Å². The van der Waals surface area contributed by atoms with E-state index in [1.807, 2.05) is 51.1 Å². The minimum atomic E-state index is -4.23. The highest BCUT2D eigenvalue weighted by atomic mass is 35.5. The van der Waals surface area contributed by atoms with Crippen LogP contribution in [0.5, 0.6) is 5.75 Å². The summed E-state index contributed by atoms with van der Waals surface area (Å²) >= 11 is 6.25. The molecule has 0 aliphatic rings. The molecule has 3 aromatic carbocycles. The van der Waals surface area contributed by atoms with Crippen molar-refractivity contribution in [3.05, 3.63) is 89.4 Å². The minimum Gasteiger partial charge on any atom is -0.495 e. The molecule has 0 heterocycles. The van der Waals surface area contributed by atoms with E-state index in [0.29, 0.717) is 0 Å². The van der Waals surface area contributed by atoms with Crippen LogP contribution in [0.2, 0.25) is 5.02 Å². The Hall–Kier alpha value is -3.56. The van der Waals surface area contributed by atoms with E-state index in [2.05, 4.69) is 5.32 Å². The van der Waals surface area contributed by atoms with Crippen LogP contribution in [-0.4, -0.2) is 50.4 Å². The van der Waals surface area contributed by atoms with Crippen LogP contribution < -0.4 is 14.4 Å². The summed E-state index contributed by atoms with van der Waals surface area (Å²) in [5.41, 5.74) is 0.372. The van der Waals surface area contributed by atoms with Gasteiger partial charge in [0.05, 0.1) is 17.7 Å². The van der Waals surface area contributed by atoms with Crippen molar-refractivity contribution < 1.29 is 22.7 Å². The molecule has 0 saturated carbocycles. The Balaban J connectivity index is 2.08. The highest BCUT2D eigenvalue weighted by Crippen LogP contribution is 2.35. The number of hydrogen-bond acceptors (Lipinski definition) is 5. The quantitative estimate of drug-likeness (QED) is 0.374. The molecule has 3 rings (SSSR count). The molecule has 0 bridgehead atoms. The van der Waals surface area contributed by atoms with Gasteiger partial charge in [-0.25, -0.2) is 8.42 Å². The molecule has 0 fully saturated rings. The summed E-state index contributed by atoms with van der Waals surface area (Å²) < 4.78 is 34.2. The van der Waals surface area contributed by atoms with Crippen LogP contribution in [-0.2, 0) is 26.2 Å². The number of methoxy groups -OCH3 is 1. The van der Waals surface area contributed by atoms with Gasteiger partial charge in [0.25, 0.3) is 10.0 Å². The lowest BCUT2D eigenvalue weighted by molar-refractivity contribution is -0.140. The molecular formula is C29H34ClN3O5S. The van der Waals surface area contributed by atoms with Crippen molar-refractivity contribution in [2.45, 2.75) is 50.7 Å². The fraction of sp³-hybridized carbons (Fsp3) is 0.310. The fourth-order valence-corrected chi connectivity index (χ4v) is 5.53. The third kappa shape index (κ3) is 7.74. The van der Waals surface area contributed by atoms with E-state index in [9.17, 15) is 18.0 Å². The van der Waals surface area contributed by atoms with Crippen molar-refractivity contribution in [3.8, 4) is 5.75 Å². The van der Waals surface area contributed by atoms with E-state index >= 15 is 0 Å². The zero-order chi connectivity index (χ0) is 28.8. The van der Waals surface area contributed by atoms with Crippen LogP contribution in [0.15, 0.2) is 83.8 Å². The molecule has 0 spiro atoms. The lowest BCUT2D eigenvalue weighted by Gasteiger charge is -2.33. The highest BCUT2D eigenvalue weighted by Gasteiger charge is 2.34. The fourth-order valence-electron chi connectivity index (χ4n) is 3.93. The third-order valence-corrected chi connectivity index (χ3v) is 7.89. The molecule has 0 aromatic heterocycles. The second kappa shape index (κ2) is 12.5. The number of rotatable bonds is 10. The van der Waals surface area contributed by atoms with E-state index in [1.165, 1.54) is 36.3 Å². The predicted molar refractivity (Wildman–Crippen MR) is 153 cm³/mol. The number of anilines is 1. The number of ether oxygens (including phenoxy) is 1. The number of benzene rings is 3. The Morgan fingerprint density at radius 2 is 1.56 bits per heavy atom. The summed E-state index contributed by atoms with van der Waals surface area (Å²) in [5.74, 6) is -0.707. The number of amides is 2. The third-order valence-electron chi connectivity index (χ3n) is 5.88. The molecule has 1 N–H and O–H groups in total. The summed E-state index contributed by atoms with van der Waals surface area (Å²) in [5, 5.41) is 3.17. The molecule has 0 radical (unpaired) electrons. The summed E-state index contributed by atoms with van der Waals surface area (Å²) in [6.45, 7) is 6.68. The second-order valence-electron chi connectivity index (χ2n) is 10.1. The van der Waals surface area contributed by atoms with Gasteiger partial charge in [0.2, 0.25) is 11.8 Å². The minimum absolute atomic E-state index is 0.00652. The summed E-state index contributed by atoms with van der Waals surface area (Å²) in [7, 11) is -2.83. The first-order valence-electron chi connectivity index (χ1n) is 12.4. The number of halogens is 1. The Bertz CT molecular complexity index is 1390. The highest BCUT2D eigenvalue weighted by molar-refractivity contribution is 7.92. The van der Waals surface area contributed by atoms with Gasteiger partial charge in [0, 0.05) is 17.1 Å². The Morgan fingerprint density at radius 3 is 2.13 bits per heavy atom. The van der Waals surface area contributed by atoms with Crippen LogP contribution in [0.4, 0.5) is 5.69 Å². The van der Waals surface area contributed by atoms with Crippen LogP contribution in [0.3, 0.4) is 0 Å². The maximum Gasteiger partial charge on any atom is 0.264 e. The van der Waals surface area contributed by atoms with Crippen molar-refractivity contribution in [3.63, 3.8) is 0 Å². The molecule has 2 amide bonds. The van der Waals surface area contributed by atoms with Crippen molar-refractivity contribution in [1.29, 1.82) is 0 Å². The van der Waals surface area contributed by atoms with E-state index < -0.39 is 34.1 Å². The van der Waals surface area contributed by atoms with E-state index in [4.69, 9.17) is 16.3 Å². The van der Waals surface area contributed by atoms with Crippen molar-refractivity contribution in [1.82, 2.24) is 10.2 Å². The van der Waals surface area contributed by atoms with Crippen LogP contribution >= 0.6 is 11.6 Å². The number of carbonyl (C=O) groups is 2. The molecule has 0 aliphatic heterocycles. The molecule has 0 unspecified atom stereocenters. The summed E-state index contributed by atoms with van der Waals surface area (Å²) in [6.07, 6.45) is 0. The van der Waals surface area contributed by atoms with Crippen molar-refractivity contribution in [2.75, 3.05) is 18.0 Å². The lowest BCUT2D eigenvalue weighted by Crippen LogP contribution is -2.54. The molecular weight excluding hydrogens is 538 g/mol. The van der Waals surface area contributed by atoms with Gasteiger partial charge in [-0.2, -0.15) is 0 Å². The van der Waals surface area contributed by atoms with Crippen LogP contribution in [0.1, 0.15) is 33.3 Å². The average molecular weight is 572 g/mol. The average Bonchev–Trinajstić information content (AvgIpc) is 2.89. The largest absolute Gasteiger partial charge is 0.495 e. The monoisotopic (exact) mass is 571 g/mol. The number of nitrogens with one attached hydrogen (secondary N) is 1. The van der Waals surface area contributed by atoms with Gasteiger partial charge in [0.15, 0.2) is 0 Å². The molecule has 0 aliphatic carbocycles. The molecule has 39 heavy (non-hydrogen) atoms. The van der Waals surface area contributed by atoms with Crippen molar-refractivity contribution >= 4 is 39.1 Å². The summed E-state index contributed by atoms with van der Waals surface area (Å²) in [6, 6.07) is 20.7. The first kappa shape index (κ1) is 30.0. The zero-order valence-electron chi connectivity index (χ0n) is 22.7. The number of sulfonamides is 1. The van der Waals surface area contributed by atoms with Gasteiger partial charge >= 0.3 is 0 Å². The normalized spacial score (nSPS) is 12.4.